The van der Waals surface area contributed by atoms with E-state index < -0.39 is 64.5 Å². The van der Waals surface area contributed by atoms with Gasteiger partial charge < -0.3 is 36.3 Å². The number of unbranched alkanes of at least 4 members (excludes halogenated alkanes) is 1. The summed E-state index contributed by atoms with van der Waals surface area (Å²) in [4.78, 5) is 84.3. The smallest absolute Gasteiger partial charge is 0.315 e. The molecule has 14 nitrogen and oxygen atoms in total. The van der Waals surface area contributed by atoms with E-state index in [0.717, 1.165) is 6.42 Å². The third-order valence-electron chi connectivity index (χ3n) is 10.9. The molecular formula is C38H57N7O7. The third-order valence-corrected chi connectivity index (χ3v) is 10.9. The summed E-state index contributed by atoms with van der Waals surface area (Å²) < 4.78 is 0.652. The Labute approximate surface area is 307 Å². The van der Waals surface area contributed by atoms with E-state index in [1.54, 1.807) is 4.90 Å². The van der Waals surface area contributed by atoms with Gasteiger partial charge in [0.15, 0.2) is 12.4 Å². The topological polar surface area (TPSA) is 184 Å². The van der Waals surface area contributed by atoms with E-state index in [2.05, 4.69) is 41.7 Å². The van der Waals surface area contributed by atoms with Crippen LogP contribution in [0.25, 0.3) is 0 Å². The van der Waals surface area contributed by atoms with Gasteiger partial charge in [-0.25, -0.2) is 4.79 Å². The zero-order valence-electron chi connectivity index (χ0n) is 32.1. The van der Waals surface area contributed by atoms with E-state index in [0.29, 0.717) is 28.8 Å². The fourth-order valence-electron chi connectivity index (χ4n) is 7.51. The number of nitrogens with one attached hydrogen (secondary N) is 4. The SMILES string of the molecule is C=CCNC(=O)C(=O)C(CCCC)NC(=O)[C@@H]1[C@@H]2[C@H](CN1C(=O)[C@H](NC(=O)N[C@H](CN1Cc3c[n+]([O-])ccc3C1=O)C(C)(C)C)C(C)(C)C)C2(C)C. The van der Waals surface area contributed by atoms with Crippen molar-refractivity contribution in [3.63, 3.8) is 0 Å². The second-order valence-electron chi connectivity index (χ2n) is 17.2. The first-order valence-electron chi connectivity index (χ1n) is 18.2. The maximum Gasteiger partial charge on any atom is 0.315 e. The number of nitrogens with zero attached hydrogens (tertiary/aromatic N) is 3. The lowest BCUT2D eigenvalue weighted by Gasteiger charge is -2.39. The van der Waals surface area contributed by atoms with E-state index in [4.69, 9.17) is 0 Å². The summed E-state index contributed by atoms with van der Waals surface area (Å²) >= 11 is 0. The largest absolute Gasteiger partial charge is 0.619 e. The lowest BCUT2D eigenvalue weighted by Crippen LogP contribution is -2.62. The van der Waals surface area contributed by atoms with Crippen molar-refractivity contribution in [3.05, 3.63) is 47.4 Å². The van der Waals surface area contributed by atoms with E-state index >= 15 is 0 Å². The van der Waals surface area contributed by atoms with Crippen LogP contribution in [0.1, 0.15) is 97.5 Å². The highest BCUT2D eigenvalue weighted by molar-refractivity contribution is 6.38. The summed E-state index contributed by atoms with van der Waals surface area (Å²) in [6.07, 6.45) is 5.75. The zero-order chi connectivity index (χ0) is 38.9. The Morgan fingerprint density at radius 1 is 1.08 bits per heavy atom. The third kappa shape index (κ3) is 8.58. The molecule has 1 unspecified atom stereocenters. The molecule has 3 aliphatic rings. The average Bonchev–Trinajstić information content (AvgIpc) is 3.33. The summed E-state index contributed by atoms with van der Waals surface area (Å²) in [5, 5.41) is 23.0. The van der Waals surface area contributed by atoms with Gasteiger partial charge >= 0.3 is 6.03 Å². The lowest BCUT2D eigenvalue weighted by molar-refractivity contribution is -0.605. The Morgan fingerprint density at radius 2 is 1.75 bits per heavy atom. The minimum absolute atomic E-state index is 0.0471. The van der Waals surface area contributed by atoms with Crippen molar-refractivity contribution in [1.29, 1.82) is 0 Å². The van der Waals surface area contributed by atoms with Gasteiger partial charge in [0.25, 0.3) is 11.8 Å². The van der Waals surface area contributed by atoms with Gasteiger partial charge in [-0.3, -0.25) is 24.0 Å². The van der Waals surface area contributed by atoms with Crippen molar-refractivity contribution in [2.24, 2.45) is 28.1 Å². The number of piperidine rings is 1. The molecule has 4 rings (SSSR count). The van der Waals surface area contributed by atoms with Gasteiger partial charge in [-0.05, 0) is 34.5 Å². The number of aromatic nitrogens is 1. The molecule has 2 fully saturated rings. The molecule has 4 N–H and O–H groups in total. The summed E-state index contributed by atoms with van der Waals surface area (Å²) in [6, 6.07) is -2.61. The van der Waals surface area contributed by atoms with E-state index in [-0.39, 0.29) is 49.2 Å². The number of carbonyl (C=O) groups excluding carboxylic acids is 6. The Bertz CT molecular complexity index is 1590. The van der Waals surface area contributed by atoms with Gasteiger partial charge in [0.05, 0.1) is 24.2 Å². The van der Waals surface area contributed by atoms with Gasteiger partial charge in [-0.15, -0.1) is 6.58 Å². The van der Waals surface area contributed by atoms with Crippen molar-refractivity contribution < 1.29 is 33.5 Å². The highest BCUT2D eigenvalue weighted by Gasteiger charge is 2.70. The minimum Gasteiger partial charge on any atom is -0.619 e. The molecule has 3 heterocycles. The number of hydrogen-bond acceptors (Lipinski definition) is 7. The average molecular weight is 724 g/mol. The van der Waals surface area contributed by atoms with Gasteiger partial charge in [0.2, 0.25) is 17.6 Å². The Hall–Kier alpha value is -4.49. The van der Waals surface area contributed by atoms with Crippen LogP contribution in [-0.4, -0.2) is 89.0 Å². The summed E-state index contributed by atoms with van der Waals surface area (Å²) in [6.45, 7) is 21.7. The molecule has 1 aliphatic carbocycles. The second-order valence-corrected chi connectivity index (χ2v) is 17.2. The molecule has 1 saturated carbocycles. The summed E-state index contributed by atoms with van der Waals surface area (Å²) in [5.41, 5.74) is -0.416. The van der Waals surface area contributed by atoms with Crippen LogP contribution in [0.15, 0.2) is 31.1 Å². The fourth-order valence-corrected chi connectivity index (χ4v) is 7.51. The van der Waals surface area contributed by atoms with E-state index in [1.165, 1.54) is 29.4 Å². The first-order valence-corrected chi connectivity index (χ1v) is 18.2. The van der Waals surface area contributed by atoms with E-state index in [9.17, 15) is 34.0 Å². The number of Topliss-reactive ketones (excluding diaryl/α,β-unsaturated/α-hetero) is 1. The first kappa shape index (κ1) is 40.3. The summed E-state index contributed by atoms with van der Waals surface area (Å²) in [7, 11) is 0. The van der Waals surface area contributed by atoms with Crippen LogP contribution >= 0.6 is 0 Å². The standard InChI is InChI=1S/C38H57N7O7/c1-11-13-14-25(29(46)32(48)39-16-12-2)40-31(47)28-27-24(38(27,9)10)20-45(28)34(50)30(37(6,7)8)42-35(51)41-26(36(3,4)5)21-43-18-22-19-44(52)17-15-23(22)33(43)49/h12,15,17,19,24-28,30H,2,11,13-14,16,18,20-21H2,1,3-10H3,(H,39,48)(H,40,47)(H2,41,42,51)/t24-,25?,26+,27-,28-,30-/m0/s1. The van der Waals surface area contributed by atoms with Crippen molar-refractivity contribution in [1.82, 2.24) is 31.1 Å². The number of hydrogen-bond donors (Lipinski definition) is 4. The quantitative estimate of drug-likeness (QED) is 0.0984. The van der Waals surface area contributed by atoms with Crippen molar-refractivity contribution in [2.75, 3.05) is 19.6 Å². The van der Waals surface area contributed by atoms with Gasteiger partial charge in [-0.2, -0.15) is 4.73 Å². The summed E-state index contributed by atoms with van der Waals surface area (Å²) in [5.74, 6) is -2.83. The number of pyridine rings is 1. The van der Waals surface area contributed by atoms with Gasteiger partial charge in [0.1, 0.15) is 12.1 Å². The van der Waals surface area contributed by atoms with Crippen LogP contribution in [0.3, 0.4) is 0 Å². The number of urea groups is 1. The fraction of sp³-hybridized carbons (Fsp3) is 0.658. The van der Waals surface area contributed by atoms with Crippen molar-refractivity contribution in [3.8, 4) is 0 Å². The number of fused-ring (bicyclic) bond motifs is 2. The number of rotatable bonds is 14. The van der Waals surface area contributed by atoms with Crippen LogP contribution in [0.2, 0.25) is 0 Å². The molecule has 6 atom stereocenters. The highest BCUT2D eigenvalue weighted by atomic mass is 16.5. The first-order chi connectivity index (χ1) is 24.1. The predicted octanol–water partition coefficient (Wildman–Crippen LogP) is 2.43. The Balaban J connectivity index is 1.52. The van der Waals surface area contributed by atoms with E-state index in [1.807, 2.05) is 48.5 Å². The molecule has 0 aromatic carbocycles. The molecule has 0 bridgehead atoms. The molecular weight excluding hydrogens is 666 g/mol. The molecule has 1 aromatic rings. The highest BCUT2D eigenvalue weighted by Crippen LogP contribution is 2.65. The van der Waals surface area contributed by atoms with Crippen molar-refractivity contribution >= 4 is 35.4 Å². The van der Waals surface area contributed by atoms with Gasteiger partial charge in [0, 0.05) is 31.3 Å². The molecule has 52 heavy (non-hydrogen) atoms. The monoisotopic (exact) mass is 723 g/mol. The molecule has 6 amide bonds. The maximum atomic E-state index is 14.5. The van der Waals surface area contributed by atoms with Crippen LogP contribution in [0.5, 0.6) is 0 Å². The number of likely N-dealkylation sites (tertiary alicyclic amines) is 1. The zero-order valence-corrected chi connectivity index (χ0v) is 32.1. The molecule has 0 radical (unpaired) electrons. The number of carbonyl (C=O) groups is 6. The minimum atomic E-state index is -1.05. The lowest BCUT2D eigenvalue weighted by atomic mass is 9.85. The predicted molar refractivity (Wildman–Crippen MR) is 194 cm³/mol. The second kappa shape index (κ2) is 15.2. The molecule has 1 aromatic heterocycles. The van der Waals surface area contributed by atoms with Crippen molar-refractivity contribution in [2.45, 2.75) is 112 Å². The van der Waals surface area contributed by atoms with Crippen LogP contribution in [0, 0.1) is 33.3 Å². The molecule has 2 aliphatic heterocycles. The van der Waals surface area contributed by atoms with Crippen LogP contribution < -0.4 is 26.0 Å². The number of ketones is 1. The molecule has 286 valence electrons. The Kier molecular flexibility index (Phi) is 11.8. The molecule has 14 heteroatoms. The van der Waals surface area contributed by atoms with Gasteiger partial charge in [-0.1, -0.05) is 81.2 Å². The molecule has 0 spiro atoms. The Morgan fingerprint density at radius 3 is 2.35 bits per heavy atom. The van der Waals surface area contributed by atoms with Crippen LogP contribution in [0.4, 0.5) is 4.79 Å². The normalized spacial score (nSPS) is 22.0. The molecule has 1 saturated heterocycles. The van der Waals surface area contributed by atoms with Crippen LogP contribution in [-0.2, 0) is 25.7 Å². The maximum absolute atomic E-state index is 14.5. The number of amides is 6.